The summed E-state index contributed by atoms with van der Waals surface area (Å²) in [6, 6.07) is 2.16. The summed E-state index contributed by atoms with van der Waals surface area (Å²) in [6.07, 6.45) is 4.20. The minimum atomic E-state index is 0.0795. The zero-order valence-corrected chi connectivity index (χ0v) is 9.55. The quantitative estimate of drug-likeness (QED) is 0.774. The van der Waals surface area contributed by atoms with Gasteiger partial charge in [-0.3, -0.25) is 9.78 Å². The Bertz CT molecular complexity index is 390. The highest BCUT2D eigenvalue weighted by molar-refractivity contribution is 5.75. The van der Waals surface area contributed by atoms with E-state index in [9.17, 15) is 4.79 Å². The molecule has 4 nitrogen and oxygen atoms in total. The first-order chi connectivity index (χ1) is 7.79. The van der Waals surface area contributed by atoms with Crippen LogP contribution in [0, 0.1) is 0 Å². The van der Waals surface area contributed by atoms with E-state index in [0.717, 1.165) is 31.5 Å². The summed E-state index contributed by atoms with van der Waals surface area (Å²) in [5.74, 6) is 0.0795. The average Bonchev–Trinajstić information content (AvgIpc) is 2.35. The van der Waals surface area contributed by atoms with Crippen molar-refractivity contribution in [2.45, 2.75) is 25.8 Å². The van der Waals surface area contributed by atoms with Gasteiger partial charge in [-0.15, -0.1) is 0 Å². The molecule has 2 heterocycles. The first-order valence-corrected chi connectivity index (χ1v) is 5.67. The Morgan fingerprint density at radius 3 is 3.31 bits per heavy atom. The Kier molecular flexibility index (Phi) is 3.51. The van der Waals surface area contributed by atoms with Gasteiger partial charge >= 0.3 is 0 Å². The Labute approximate surface area is 95.5 Å². The summed E-state index contributed by atoms with van der Waals surface area (Å²) in [5.41, 5.74) is 3.62. The van der Waals surface area contributed by atoms with E-state index >= 15 is 0 Å². The lowest BCUT2D eigenvalue weighted by Gasteiger charge is -2.16. The van der Waals surface area contributed by atoms with E-state index < -0.39 is 0 Å². The molecule has 16 heavy (non-hydrogen) atoms. The largest absolute Gasteiger partial charge is 0.359 e. The molecule has 0 unspecified atom stereocenters. The Morgan fingerprint density at radius 1 is 1.62 bits per heavy atom. The molecule has 4 heteroatoms. The van der Waals surface area contributed by atoms with Crippen molar-refractivity contribution in [1.29, 1.82) is 0 Å². The number of carbonyl (C=O) groups excluding carboxylic acids is 1. The second-order valence-corrected chi connectivity index (χ2v) is 4.05. The van der Waals surface area contributed by atoms with Gasteiger partial charge in [-0.25, -0.2) is 0 Å². The van der Waals surface area contributed by atoms with E-state index in [-0.39, 0.29) is 5.91 Å². The molecule has 1 amide bonds. The number of aromatic nitrogens is 1. The number of carbonyl (C=O) groups is 1. The predicted molar refractivity (Wildman–Crippen MR) is 62.0 cm³/mol. The van der Waals surface area contributed by atoms with E-state index in [2.05, 4.69) is 21.7 Å². The lowest BCUT2D eigenvalue weighted by atomic mass is 10.0. The first kappa shape index (κ1) is 11.1. The van der Waals surface area contributed by atoms with Gasteiger partial charge in [0.15, 0.2) is 0 Å². The van der Waals surface area contributed by atoms with Gasteiger partial charge in [0.1, 0.15) is 0 Å². The maximum atomic E-state index is 11.1. The molecule has 1 aliphatic rings. The molecule has 0 saturated carbocycles. The maximum absolute atomic E-state index is 11.1. The molecule has 1 aliphatic heterocycles. The standard InChI is InChI=1S/C12H17N3O/c1-13-12(16)3-2-9-6-10-8-14-5-4-11(10)15-7-9/h6-7,14H,2-5,8H2,1H3,(H,13,16). The van der Waals surface area contributed by atoms with Gasteiger partial charge < -0.3 is 10.6 Å². The normalized spacial score (nSPS) is 14.3. The molecule has 0 radical (unpaired) electrons. The Morgan fingerprint density at radius 2 is 2.50 bits per heavy atom. The summed E-state index contributed by atoms with van der Waals surface area (Å²) in [4.78, 5) is 15.6. The molecule has 0 aromatic carbocycles. The maximum Gasteiger partial charge on any atom is 0.220 e. The van der Waals surface area contributed by atoms with Gasteiger partial charge in [-0.1, -0.05) is 6.07 Å². The van der Waals surface area contributed by atoms with Crippen LogP contribution in [-0.2, 0) is 24.2 Å². The third-order valence-electron chi connectivity index (χ3n) is 2.89. The van der Waals surface area contributed by atoms with Gasteiger partial charge in [0.25, 0.3) is 0 Å². The van der Waals surface area contributed by atoms with Crippen molar-refractivity contribution in [1.82, 2.24) is 15.6 Å². The van der Waals surface area contributed by atoms with Crippen LogP contribution in [0.1, 0.15) is 23.2 Å². The number of amides is 1. The number of nitrogens with zero attached hydrogens (tertiary/aromatic N) is 1. The van der Waals surface area contributed by atoms with E-state index in [0.29, 0.717) is 6.42 Å². The van der Waals surface area contributed by atoms with Gasteiger partial charge in [0.2, 0.25) is 5.91 Å². The highest BCUT2D eigenvalue weighted by Crippen LogP contribution is 2.13. The predicted octanol–water partition coefficient (Wildman–Crippen LogP) is 0.406. The van der Waals surface area contributed by atoms with Crippen LogP contribution in [0.15, 0.2) is 12.3 Å². The summed E-state index contributed by atoms with van der Waals surface area (Å²) >= 11 is 0. The van der Waals surface area contributed by atoms with Crippen molar-refractivity contribution in [3.63, 3.8) is 0 Å². The number of pyridine rings is 1. The van der Waals surface area contributed by atoms with Gasteiger partial charge in [0, 0.05) is 44.9 Å². The monoisotopic (exact) mass is 219 g/mol. The zero-order chi connectivity index (χ0) is 11.4. The van der Waals surface area contributed by atoms with Crippen LogP contribution in [0.5, 0.6) is 0 Å². The summed E-state index contributed by atoms with van der Waals surface area (Å²) < 4.78 is 0. The lowest BCUT2D eigenvalue weighted by Crippen LogP contribution is -2.24. The van der Waals surface area contributed by atoms with Crippen LogP contribution in [0.25, 0.3) is 0 Å². The van der Waals surface area contributed by atoms with Crippen molar-refractivity contribution in [3.05, 3.63) is 29.1 Å². The number of rotatable bonds is 3. The minimum absolute atomic E-state index is 0.0795. The van der Waals surface area contributed by atoms with Crippen LogP contribution in [-0.4, -0.2) is 24.5 Å². The van der Waals surface area contributed by atoms with Crippen LogP contribution in [0.4, 0.5) is 0 Å². The second-order valence-electron chi connectivity index (χ2n) is 4.05. The lowest BCUT2D eigenvalue weighted by molar-refractivity contribution is -0.120. The topological polar surface area (TPSA) is 54.0 Å². The van der Waals surface area contributed by atoms with Crippen molar-refractivity contribution in [3.8, 4) is 0 Å². The van der Waals surface area contributed by atoms with Crippen molar-refractivity contribution < 1.29 is 4.79 Å². The molecule has 0 bridgehead atoms. The minimum Gasteiger partial charge on any atom is -0.359 e. The molecule has 1 aromatic rings. The first-order valence-electron chi connectivity index (χ1n) is 5.67. The SMILES string of the molecule is CNC(=O)CCc1cnc2c(c1)CNCC2. The van der Waals surface area contributed by atoms with Crippen molar-refractivity contribution >= 4 is 5.91 Å². The third-order valence-corrected chi connectivity index (χ3v) is 2.89. The van der Waals surface area contributed by atoms with Crippen LogP contribution in [0.2, 0.25) is 0 Å². The molecule has 2 N–H and O–H groups in total. The number of aryl methyl sites for hydroxylation is 1. The molecule has 0 spiro atoms. The van der Waals surface area contributed by atoms with Gasteiger partial charge in [0.05, 0.1) is 0 Å². The molecular weight excluding hydrogens is 202 g/mol. The third kappa shape index (κ3) is 2.58. The van der Waals surface area contributed by atoms with Gasteiger partial charge in [-0.05, 0) is 17.5 Å². The molecule has 0 saturated heterocycles. The van der Waals surface area contributed by atoms with E-state index in [1.165, 1.54) is 11.3 Å². The van der Waals surface area contributed by atoms with E-state index in [1.54, 1.807) is 7.05 Å². The number of nitrogens with one attached hydrogen (secondary N) is 2. The summed E-state index contributed by atoms with van der Waals surface area (Å²) in [5, 5.41) is 5.95. The summed E-state index contributed by atoms with van der Waals surface area (Å²) in [6.45, 7) is 1.91. The average molecular weight is 219 g/mol. The van der Waals surface area contributed by atoms with Crippen LogP contribution < -0.4 is 10.6 Å². The highest BCUT2D eigenvalue weighted by atomic mass is 16.1. The smallest absolute Gasteiger partial charge is 0.220 e. The zero-order valence-electron chi connectivity index (χ0n) is 9.55. The summed E-state index contributed by atoms with van der Waals surface area (Å²) in [7, 11) is 1.66. The molecule has 1 aromatic heterocycles. The molecule has 2 rings (SSSR count). The fraction of sp³-hybridized carbons (Fsp3) is 0.500. The van der Waals surface area contributed by atoms with Crippen LogP contribution >= 0.6 is 0 Å². The number of hydrogen-bond donors (Lipinski definition) is 2. The fourth-order valence-electron chi connectivity index (χ4n) is 1.92. The Balaban J connectivity index is 2.03. The molecular formula is C12H17N3O. The highest BCUT2D eigenvalue weighted by Gasteiger charge is 2.10. The van der Waals surface area contributed by atoms with Crippen molar-refractivity contribution in [2.24, 2.45) is 0 Å². The van der Waals surface area contributed by atoms with E-state index in [4.69, 9.17) is 0 Å². The number of hydrogen-bond acceptors (Lipinski definition) is 3. The molecule has 86 valence electrons. The fourth-order valence-corrected chi connectivity index (χ4v) is 1.92. The Hall–Kier alpha value is -1.42. The van der Waals surface area contributed by atoms with Gasteiger partial charge in [-0.2, -0.15) is 0 Å². The van der Waals surface area contributed by atoms with Crippen LogP contribution in [0.3, 0.4) is 0 Å². The van der Waals surface area contributed by atoms with E-state index in [1.807, 2.05) is 6.20 Å². The second kappa shape index (κ2) is 5.07. The van der Waals surface area contributed by atoms with Crippen molar-refractivity contribution in [2.75, 3.05) is 13.6 Å². The molecule has 0 atom stereocenters. The number of fused-ring (bicyclic) bond motifs is 1. The molecule has 0 fully saturated rings. The molecule has 0 aliphatic carbocycles.